The molecule has 16 nitrogen and oxygen atoms in total. The number of aliphatic hydroxyl groups is 1. The summed E-state index contributed by atoms with van der Waals surface area (Å²) in [7, 11) is 2.83. The van der Waals surface area contributed by atoms with E-state index in [0.29, 0.717) is 21.8 Å². The lowest BCUT2D eigenvalue weighted by Gasteiger charge is -2.32. The van der Waals surface area contributed by atoms with E-state index in [1.807, 2.05) is 0 Å². The fourth-order valence-corrected chi connectivity index (χ4v) is 6.98. The second-order valence-corrected chi connectivity index (χ2v) is 16.0. The van der Waals surface area contributed by atoms with Crippen LogP contribution in [0.5, 0.6) is 0 Å². The van der Waals surface area contributed by atoms with Gasteiger partial charge in [-0.15, -0.1) is 16.0 Å². The molecule has 0 fully saturated rings. The summed E-state index contributed by atoms with van der Waals surface area (Å²) in [6, 6.07) is 15.0. The Balaban J connectivity index is 1.23. The number of likely N-dealkylation sites (N-methyl/N-ethyl adjacent to an activating group) is 1. The van der Waals surface area contributed by atoms with Gasteiger partial charge in [0.2, 0.25) is 12.6 Å². The van der Waals surface area contributed by atoms with Gasteiger partial charge in [0, 0.05) is 53.4 Å². The second-order valence-electron chi connectivity index (χ2n) is 15.2. The van der Waals surface area contributed by atoms with Crippen LogP contribution in [0.3, 0.4) is 0 Å². The minimum atomic E-state index is -2.05. The van der Waals surface area contributed by atoms with E-state index in [9.17, 15) is 23.9 Å². The smallest absolute Gasteiger partial charge is 0.417 e. The lowest BCUT2D eigenvalue weighted by molar-refractivity contribution is -0.763. The van der Waals surface area contributed by atoms with Crippen LogP contribution in [0.1, 0.15) is 75.4 Å². The lowest BCUT2D eigenvalue weighted by Crippen LogP contribution is -2.42. The first-order valence-electron chi connectivity index (χ1n) is 19.0. The molecule has 0 bridgehead atoms. The Morgan fingerprint density at radius 1 is 1.05 bits per heavy atom. The van der Waals surface area contributed by atoms with Gasteiger partial charge in [0.1, 0.15) is 48.4 Å². The van der Waals surface area contributed by atoms with E-state index in [0.717, 1.165) is 33.6 Å². The molecule has 0 saturated heterocycles. The zero-order valence-corrected chi connectivity index (χ0v) is 35.7. The molecule has 2 aromatic carbocycles. The number of nitriles is 1. The van der Waals surface area contributed by atoms with Crippen LogP contribution in [-0.2, 0) is 42.5 Å². The number of rotatable bonds is 15. The van der Waals surface area contributed by atoms with Gasteiger partial charge in [0.25, 0.3) is 6.33 Å². The van der Waals surface area contributed by atoms with Gasteiger partial charge in [-0.05, 0) is 71.0 Å². The molecule has 19 heteroatoms. The van der Waals surface area contributed by atoms with Crippen LogP contribution in [0.2, 0.25) is 0 Å². The number of pyridine rings is 1. The van der Waals surface area contributed by atoms with Crippen LogP contribution in [0.4, 0.5) is 24.2 Å². The number of aromatic nitrogens is 5. The Labute approximate surface area is 355 Å². The van der Waals surface area contributed by atoms with E-state index >= 15 is 4.39 Å². The van der Waals surface area contributed by atoms with Crippen molar-refractivity contribution in [1.82, 2.24) is 24.6 Å². The molecular weight excluding hydrogens is 815 g/mol. The number of esters is 1. The molecule has 2 unspecified atom stereocenters. The fraction of sp³-hybridized carbons (Fsp3) is 0.381. The number of thiazole rings is 1. The number of halogens is 2. The fourth-order valence-electron chi connectivity index (χ4n) is 6.01. The Morgan fingerprint density at radius 3 is 2.46 bits per heavy atom. The van der Waals surface area contributed by atoms with E-state index in [1.54, 1.807) is 76.4 Å². The molecule has 4 atom stereocenters. The number of hydrogen-bond acceptors (Lipinski definition) is 13. The molecule has 5 rings (SSSR count). The molecule has 1 N–H and O–H groups in total. The SMILES string of the molecule is CC(OC(=O)N(C)c1ncccc1COC(=O)CN(C)C(=O)OC(C)(C)C)OC(C)[n+]1cnn(C[C@](O)(c2cc(F)ccc2F)[C@@H](C)c2nc(-c3ccc(C#N)cc3)cs2)c1. The first kappa shape index (κ1) is 45.7. The van der Waals surface area contributed by atoms with E-state index in [4.69, 9.17) is 29.2 Å². The monoisotopic (exact) mass is 861 g/mol. The van der Waals surface area contributed by atoms with E-state index in [-0.39, 0.29) is 31.1 Å². The van der Waals surface area contributed by atoms with Crippen LogP contribution in [0.25, 0.3) is 11.3 Å². The molecule has 0 aliphatic rings. The summed E-state index contributed by atoms with van der Waals surface area (Å²) in [6.45, 7) is 9.00. The largest absolute Gasteiger partial charge is 0.459 e. The maximum absolute atomic E-state index is 15.4. The maximum Gasteiger partial charge on any atom is 0.417 e. The number of amides is 2. The van der Waals surface area contributed by atoms with Crippen molar-refractivity contribution in [2.45, 2.75) is 84.3 Å². The van der Waals surface area contributed by atoms with E-state index < -0.39 is 59.4 Å². The molecule has 322 valence electrons. The summed E-state index contributed by atoms with van der Waals surface area (Å²) < 4.78 is 55.0. The second kappa shape index (κ2) is 19.4. The number of carbonyl (C=O) groups excluding carboxylic acids is 3. The van der Waals surface area contributed by atoms with Crippen molar-refractivity contribution in [3.05, 3.63) is 112 Å². The zero-order chi connectivity index (χ0) is 44.6. The zero-order valence-electron chi connectivity index (χ0n) is 34.9. The average Bonchev–Trinajstić information content (AvgIpc) is 3.90. The molecule has 0 saturated carbocycles. The summed E-state index contributed by atoms with van der Waals surface area (Å²) in [5.74, 6) is -2.98. The third-order valence-electron chi connectivity index (χ3n) is 9.31. The number of carbonyl (C=O) groups is 3. The van der Waals surface area contributed by atoms with Gasteiger partial charge in [-0.2, -0.15) is 5.26 Å². The van der Waals surface area contributed by atoms with Gasteiger partial charge in [-0.3, -0.25) is 9.69 Å². The van der Waals surface area contributed by atoms with Crippen molar-refractivity contribution in [3.8, 4) is 17.3 Å². The number of ether oxygens (including phenoxy) is 4. The number of hydrogen-bond donors (Lipinski definition) is 1. The highest BCUT2D eigenvalue weighted by Crippen LogP contribution is 2.41. The number of benzene rings is 2. The number of anilines is 1. The topological polar surface area (TPSA) is 186 Å². The summed E-state index contributed by atoms with van der Waals surface area (Å²) in [5.41, 5.74) is -0.877. The average molecular weight is 862 g/mol. The maximum atomic E-state index is 15.4. The highest BCUT2D eigenvalue weighted by Gasteiger charge is 2.43. The summed E-state index contributed by atoms with van der Waals surface area (Å²) in [5, 5.41) is 28.1. The molecular formula is C42H47F2N8O8S+. The van der Waals surface area contributed by atoms with Crippen molar-refractivity contribution in [1.29, 1.82) is 5.26 Å². The standard InChI is InChI=1S/C42H47F2N8O8S/c1-26(38-48-35(22-61-38)30-13-11-29(19-45)12-14-30)42(56,33-18-32(43)15-16-34(33)44)23-52-25-51(24-47-52)27(2)58-28(3)59-40(55)50(8)37-31(10-9-17-46-37)21-57-36(53)20-49(7)39(54)60-41(4,5)6/h9-18,22,24-28,56H,20-21,23H2,1-8H3/q+1/t26-,27?,28?,42+/m0/s1. The van der Waals surface area contributed by atoms with Gasteiger partial charge in [0.15, 0.2) is 6.23 Å². The predicted octanol–water partition coefficient (Wildman–Crippen LogP) is 6.59. The Kier molecular flexibility index (Phi) is 14.5. The Bertz CT molecular complexity index is 2380. The Hall–Kier alpha value is -6.36. The van der Waals surface area contributed by atoms with Crippen molar-refractivity contribution in [2.24, 2.45) is 0 Å². The van der Waals surface area contributed by atoms with Crippen LogP contribution in [0.15, 0.2) is 78.8 Å². The van der Waals surface area contributed by atoms with Gasteiger partial charge in [0.05, 0.1) is 22.3 Å². The van der Waals surface area contributed by atoms with Gasteiger partial charge >= 0.3 is 18.2 Å². The molecule has 3 heterocycles. The molecule has 0 spiro atoms. The first-order chi connectivity index (χ1) is 28.8. The third-order valence-corrected chi connectivity index (χ3v) is 10.3. The summed E-state index contributed by atoms with van der Waals surface area (Å²) in [4.78, 5) is 49.1. The predicted molar refractivity (Wildman–Crippen MR) is 216 cm³/mol. The molecule has 0 aliphatic carbocycles. The highest BCUT2D eigenvalue weighted by atomic mass is 32.1. The molecule has 0 radical (unpaired) electrons. The summed E-state index contributed by atoms with van der Waals surface area (Å²) >= 11 is 1.24. The van der Waals surface area contributed by atoms with Crippen LogP contribution in [0, 0.1) is 23.0 Å². The third kappa shape index (κ3) is 11.7. The number of nitrogens with zero attached hydrogens (tertiary/aromatic N) is 8. The van der Waals surface area contributed by atoms with E-state index in [2.05, 4.69) is 16.2 Å². The molecule has 2 amide bonds. The molecule has 61 heavy (non-hydrogen) atoms. The minimum Gasteiger partial charge on any atom is -0.459 e. The first-order valence-corrected chi connectivity index (χ1v) is 19.9. The van der Waals surface area contributed by atoms with Crippen molar-refractivity contribution < 1.29 is 51.8 Å². The normalized spacial score (nSPS) is 13.9. The van der Waals surface area contributed by atoms with Crippen LogP contribution >= 0.6 is 11.3 Å². The molecule has 0 aliphatic heterocycles. The highest BCUT2D eigenvalue weighted by molar-refractivity contribution is 7.10. The van der Waals surface area contributed by atoms with Gasteiger partial charge in [-0.25, -0.2) is 32.9 Å². The van der Waals surface area contributed by atoms with Crippen LogP contribution in [-0.4, -0.2) is 80.4 Å². The van der Waals surface area contributed by atoms with Crippen molar-refractivity contribution >= 4 is 35.3 Å². The van der Waals surface area contributed by atoms with Crippen LogP contribution < -0.4 is 9.47 Å². The summed E-state index contributed by atoms with van der Waals surface area (Å²) in [6.07, 6.45) is 0.933. The lowest BCUT2D eigenvalue weighted by atomic mass is 9.82. The quantitative estimate of drug-likeness (QED) is 0.0516. The van der Waals surface area contributed by atoms with Crippen molar-refractivity contribution in [3.63, 3.8) is 0 Å². The molecule has 3 aromatic heterocycles. The Morgan fingerprint density at radius 2 is 1.77 bits per heavy atom. The molecule has 5 aromatic rings. The minimum absolute atomic E-state index is 0.149. The van der Waals surface area contributed by atoms with Crippen molar-refractivity contribution in [2.75, 3.05) is 25.5 Å². The van der Waals surface area contributed by atoms with Gasteiger partial charge in [-0.1, -0.05) is 25.1 Å². The van der Waals surface area contributed by atoms with E-state index in [1.165, 1.54) is 60.5 Å². The van der Waals surface area contributed by atoms with Gasteiger partial charge < -0.3 is 29.0 Å².